The standard InChI is InChI=1S/C24H32N4O2/c1-2-25-24(26-18-19-7-8-20-5-3-4-6-22(20)17-19)28-11-9-21(10-12-28)23(29)27-13-15-30-16-14-27/h3-8,17,21H,2,9-16,18H2,1H3,(H,25,26). The number of nitrogens with zero attached hydrogens (tertiary/aromatic N) is 3. The minimum Gasteiger partial charge on any atom is -0.378 e. The Labute approximate surface area is 178 Å². The van der Waals surface area contributed by atoms with Gasteiger partial charge < -0.3 is 19.9 Å². The molecule has 0 saturated carbocycles. The predicted molar refractivity (Wildman–Crippen MR) is 120 cm³/mol. The Morgan fingerprint density at radius 1 is 1.03 bits per heavy atom. The van der Waals surface area contributed by atoms with Gasteiger partial charge in [-0.25, -0.2) is 4.99 Å². The molecular formula is C24H32N4O2. The van der Waals surface area contributed by atoms with Crippen LogP contribution >= 0.6 is 0 Å². The number of ether oxygens (including phenoxy) is 1. The van der Waals surface area contributed by atoms with Crippen molar-refractivity contribution in [1.29, 1.82) is 0 Å². The summed E-state index contributed by atoms with van der Waals surface area (Å²) < 4.78 is 5.37. The lowest BCUT2D eigenvalue weighted by molar-refractivity contribution is -0.140. The molecule has 2 aromatic rings. The lowest BCUT2D eigenvalue weighted by Gasteiger charge is -2.36. The third-order valence-corrected chi connectivity index (χ3v) is 6.03. The van der Waals surface area contributed by atoms with E-state index in [1.54, 1.807) is 0 Å². The van der Waals surface area contributed by atoms with Crippen LogP contribution in [-0.2, 0) is 16.1 Å². The number of likely N-dealkylation sites (tertiary alicyclic amines) is 1. The van der Waals surface area contributed by atoms with Gasteiger partial charge in [0.1, 0.15) is 0 Å². The fraction of sp³-hybridized carbons (Fsp3) is 0.500. The van der Waals surface area contributed by atoms with Gasteiger partial charge in [0.2, 0.25) is 5.91 Å². The average Bonchev–Trinajstić information content (AvgIpc) is 2.82. The number of guanidine groups is 1. The van der Waals surface area contributed by atoms with Gasteiger partial charge >= 0.3 is 0 Å². The van der Waals surface area contributed by atoms with Crippen molar-refractivity contribution in [3.8, 4) is 0 Å². The van der Waals surface area contributed by atoms with Crippen LogP contribution in [-0.4, -0.2) is 67.6 Å². The van der Waals surface area contributed by atoms with Crippen molar-refractivity contribution in [2.24, 2.45) is 10.9 Å². The van der Waals surface area contributed by atoms with E-state index in [0.717, 1.165) is 51.5 Å². The molecule has 1 amide bonds. The molecule has 2 fully saturated rings. The number of carbonyl (C=O) groups excluding carboxylic acids is 1. The number of benzene rings is 2. The van der Waals surface area contributed by atoms with Gasteiger partial charge in [0, 0.05) is 38.6 Å². The topological polar surface area (TPSA) is 57.2 Å². The molecular weight excluding hydrogens is 376 g/mol. The Kier molecular flexibility index (Phi) is 6.84. The van der Waals surface area contributed by atoms with Crippen LogP contribution in [0.4, 0.5) is 0 Å². The summed E-state index contributed by atoms with van der Waals surface area (Å²) in [6, 6.07) is 14.9. The van der Waals surface area contributed by atoms with Crippen molar-refractivity contribution in [1.82, 2.24) is 15.1 Å². The van der Waals surface area contributed by atoms with Crippen molar-refractivity contribution in [3.05, 3.63) is 48.0 Å². The van der Waals surface area contributed by atoms with E-state index in [4.69, 9.17) is 9.73 Å². The molecule has 160 valence electrons. The molecule has 0 radical (unpaired) electrons. The van der Waals surface area contributed by atoms with E-state index in [-0.39, 0.29) is 5.92 Å². The zero-order valence-corrected chi connectivity index (χ0v) is 17.8. The molecule has 2 saturated heterocycles. The first-order valence-electron chi connectivity index (χ1n) is 11.1. The summed E-state index contributed by atoms with van der Waals surface area (Å²) in [6.07, 6.45) is 1.77. The second kappa shape index (κ2) is 9.94. The van der Waals surface area contributed by atoms with Gasteiger partial charge in [-0.1, -0.05) is 36.4 Å². The highest BCUT2D eigenvalue weighted by Crippen LogP contribution is 2.21. The number of fused-ring (bicyclic) bond motifs is 1. The van der Waals surface area contributed by atoms with E-state index in [9.17, 15) is 4.79 Å². The molecule has 0 atom stereocenters. The first kappa shape index (κ1) is 20.7. The van der Waals surface area contributed by atoms with Crippen LogP contribution in [0.25, 0.3) is 10.8 Å². The summed E-state index contributed by atoms with van der Waals surface area (Å²) in [4.78, 5) is 21.9. The molecule has 0 unspecified atom stereocenters. The van der Waals surface area contributed by atoms with Gasteiger partial charge in [-0.2, -0.15) is 0 Å². The Hall–Kier alpha value is -2.60. The smallest absolute Gasteiger partial charge is 0.225 e. The zero-order valence-electron chi connectivity index (χ0n) is 17.8. The fourth-order valence-electron chi connectivity index (χ4n) is 4.31. The number of morpholine rings is 1. The van der Waals surface area contributed by atoms with Crippen LogP contribution in [0.3, 0.4) is 0 Å². The van der Waals surface area contributed by atoms with E-state index in [2.05, 4.69) is 59.6 Å². The van der Waals surface area contributed by atoms with Crippen LogP contribution in [0.1, 0.15) is 25.3 Å². The first-order valence-corrected chi connectivity index (χ1v) is 11.1. The summed E-state index contributed by atoms with van der Waals surface area (Å²) in [7, 11) is 0. The number of piperidine rings is 1. The molecule has 4 rings (SSSR count). The van der Waals surface area contributed by atoms with Crippen LogP contribution in [0, 0.1) is 5.92 Å². The number of hydrogen-bond acceptors (Lipinski definition) is 3. The van der Waals surface area contributed by atoms with E-state index in [0.29, 0.717) is 25.7 Å². The van der Waals surface area contributed by atoms with Gasteiger partial charge in [-0.3, -0.25) is 4.79 Å². The maximum Gasteiger partial charge on any atom is 0.225 e. The Morgan fingerprint density at radius 3 is 2.50 bits per heavy atom. The highest BCUT2D eigenvalue weighted by atomic mass is 16.5. The summed E-state index contributed by atoms with van der Waals surface area (Å²) in [5, 5.41) is 5.93. The van der Waals surface area contributed by atoms with E-state index >= 15 is 0 Å². The first-order chi connectivity index (χ1) is 14.7. The zero-order chi connectivity index (χ0) is 20.8. The molecule has 2 aliphatic heterocycles. The van der Waals surface area contributed by atoms with Crippen molar-refractivity contribution in [2.75, 3.05) is 45.9 Å². The number of aliphatic imine (C=N–C) groups is 1. The Morgan fingerprint density at radius 2 is 1.77 bits per heavy atom. The molecule has 0 aromatic heterocycles. The van der Waals surface area contributed by atoms with Crippen LogP contribution in [0.2, 0.25) is 0 Å². The highest BCUT2D eigenvalue weighted by molar-refractivity contribution is 5.84. The molecule has 2 aromatic carbocycles. The summed E-state index contributed by atoms with van der Waals surface area (Å²) in [6.45, 7) is 8.11. The van der Waals surface area contributed by atoms with E-state index in [1.807, 2.05) is 4.90 Å². The lowest BCUT2D eigenvalue weighted by Crippen LogP contribution is -2.50. The minimum atomic E-state index is 0.128. The molecule has 0 aliphatic carbocycles. The number of amides is 1. The number of rotatable bonds is 4. The van der Waals surface area contributed by atoms with Gasteiger partial charge in [0.05, 0.1) is 19.8 Å². The Balaban J connectivity index is 1.37. The fourth-order valence-corrected chi connectivity index (χ4v) is 4.31. The van der Waals surface area contributed by atoms with Crippen molar-refractivity contribution < 1.29 is 9.53 Å². The second-order valence-electron chi connectivity index (χ2n) is 8.05. The van der Waals surface area contributed by atoms with Gasteiger partial charge in [-0.15, -0.1) is 0 Å². The van der Waals surface area contributed by atoms with Crippen molar-refractivity contribution in [3.63, 3.8) is 0 Å². The monoisotopic (exact) mass is 408 g/mol. The average molecular weight is 409 g/mol. The van der Waals surface area contributed by atoms with Gasteiger partial charge in [0.25, 0.3) is 0 Å². The molecule has 6 nitrogen and oxygen atoms in total. The second-order valence-corrected chi connectivity index (χ2v) is 8.05. The number of nitrogens with one attached hydrogen (secondary N) is 1. The van der Waals surface area contributed by atoms with Gasteiger partial charge in [-0.05, 0) is 42.2 Å². The largest absolute Gasteiger partial charge is 0.378 e. The number of carbonyl (C=O) groups is 1. The molecule has 30 heavy (non-hydrogen) atoms. The molecule has 0 bridgehead atoms. The maximum absolute atomic E-state index is 12.8. The highest BCUT2D eigenvalue weighted by Gasteiger charge is 2.30. The minimum absolute atomic E-state index is 0.128. The maximum atomic E-state index is 12.8. The molecule has 6 heteroatoms. The van der Waals surface area contributed by atoms with Crippen LogP contribution in [0.15, 0.2) is 47.5 Å². The summed E-state index contributed by atoms with van der Waals surface area (Å²) >= 11 is 0. The van der Waals surface area contributed by atoms with Crippen molar-refractivity contribution >= 4 is 22.6 Å². The molecule has 1 N–H and O–H groups in total. The van der Waals surface area contributed by atoms with Crippen LogP contribution < -0.4 is 5.32 Å². The number of hydrogen-bond donors (Lipinski definition) is 1. The lowest BCUT2D eigenvalue weighted by atomic mass is 9.95. The molecule has 2 heterocycles. The predicted octanol–water partition coefficient (Wildman–Crippen LogP) is 2.88. The molecule has 0 spiro atoms. The third kappa shape index (κ3) is 4.93. The Bertz CT molecular complexity index is 884. The van der Waals surface area contributed by atoms with Crippen molar-refractivity contribution in [2.45, 2.75) is 26.3 Å². The quantitative estimate of drug-likeness (QED) is 0.624. The van der Waals surface area contributed by atoms with E-state index < -0.39 is 0 Å². The van der Waals surface area contributed by atoms with Gasteiger partial charge in [0.15, 0.2) is 5.96 Å². The van der Waals surface area contributed by atoms with Crippen LogP contribution in [0.5, 0.6) is 0 Å². The summed E-state index contributed by atoms with van der Waals surface area (Å²) in [5.74, 6) is 1.38. The SMILES string of the molecule is CCNC(=NCc1ccc2ccccc2c1)N1CCC(C(=O)N2CCOCC2)CC1. The summed E-state index contributed by atoms with van der Waals surface area (Å²) in [5.41, 5.74) is 1.21. The van der Waals surface area contributed by atoms with E-state index in [1.165, 1.54) is 16.3 Å². The molecule has 2 aliphatic rings. The third-order valence-electron chi connectivity index (χ3n) is 6.03. The normalized spacial score (nSPS) is 18.6.